The first-order chi connectivity index (χ1) is 10.4. The molecule has 0 fully saturated rings. The van der Waals surface area contributed by atoms with Gasteiger partial charge in [0.15, 0.2) is 0 Å². The van der Waals surface area contributed by atoms with E-state index in [-0.39, 0.29) is 4.90 Å². The second kappa shape index (κ2) is 6.46. The molecule has 0 radical (unpaired) electrons. The summed E-state index contributed by atoms with van der Waals surface area (Å²) in [7, 11) is -0.820. The number of sulfonamides is 1. The Hall–Kier alpha value is -1.92. The van der Waals surface area contributed by atoms with E-state index in [4.69, 9.17) is 21.1 Å². The molecule has 0 bridgehead atoms. The predicted octanol–water partition coefficient (Wildman–Crippen LogP) is 3.47. The third-order valence-corrected chi connectivity index (χ3v) is 4.87. The third kappa shape index (κ3) is 3.45. The normalized spacial score (nSPS) is 11.1. The molecule has 2 aromatic carbocycles. The average Bonchev–Trinajstić information content (AvgIpc) is 2.49. The van der Waals surface area contributed by atoms with Crippen molar-refractivity contribution in [1.29, 1.82) is 0 Å². The summed E-state index contributed by atoms with van der Waals surface area (Å²) in [6, 6.07) is 9.41. The second-order valence-corrected chi connectivity index (χ2v) is 6.67. The number of methoxy groups -OCH3 is 2. The minimum absolute atomic E-state index is 0.0768. The van der Waals surface area contributed by atoms with Gasteiger partial charge in [-0.1, -0.05) is 17.7 Å². The smallest absolute Gasteiger partial charge is 0.262 e. The first-order valence-corrected chi connectivity index (χ1v) is 8.24. The van der Waals surface area contributed by atoms with Gasteiger partial charge < -0.3 is 9.47 Å². The lowest BCUT2D eigenvalue weighted by molar-refractivity contribution is 0.405. The maximum atomic E-state index is 12.5. The van der Waals surface area contributed by atoms with Crippen LogP contribution in [0.5, 0.6) is 11.5 Å². The number of benzene rings is 2. The van der Waals surface area contributed by atoms with E-state index in [0.717, 1.165) is 5.56 Å². The van der Waals surface area contributed by atoms with Crippen molar-refractivity contribution in [1.82, 2.24) is 0 Å². The maximum Gasteiger partial charge on any atom is 0.262 e. The molecular formula is C15H16ClNO4S. The summed E-state index contributed by atoms with van der Waals surface area (Å²) in [5.74, 6) is 0.906. The molecule has 0 aliphatic carbocycles. The molecule has 0 aliphatic rings. The average molecular weight is 342 g/mol. The summed E-state index contributed by atoms with van der Waals surface area (Å²) in [5, 5.41) is 0.389. The maximum absolute atomic E-state index is 12.5. The lowest BCUT2D eigenvalue weighted by Gasteiger charge is -2.13. The molecule has 7 heteroatoms. The number of aryl methyl sites for hydroxylation is 1. The molecule has 0 aliphatic heterocycles. The van der Waals surface area contributed by atoms with E-state index in [1.807, 2.05) is 0 Å². The van der Waals surface area contributed by atoms with Crippen LogP contribution in [-0.2, 0) is 10.0 Å². The summed E-state index contributed by atoms with van der Waals surface area (Å²) < 4.78 is 37.7. The summed E-state index contributed by atoms with van der Waals surface area (Å²) in [6.07, 6.45) is 0. The number of hydrogen-bond donors (Lipinski definition) is 1. The van der Waals surface area contributed by atoms with Gasteiger partial charge in [-0.15, -0.1) is 0 Å². The van der Waals surface area contributed by atoms with Crippen molar-refractivity contribution >= 4 is 27.3 Å². The van der Waals surface area contributed by atoms with E-state index in [9.17, 15) is 8.42 Å². The number of anilines is 1. The van der Waals surface area contributed by atoms with Crippen LogP contribution in [0.1, 0.15) is 5.56 Å². The minimum Gasteiger partial charge on any atom is -0.497 e. The van der Waals surface area contributed by atoms with E-state index in [0.29, 0.717) is 22.2 Å². The number of rotatable bonds is 5. The van der Waals surface area contributed by atoms with Gasteiger partial charge in [0, 0.05) is 11.1 Å². The lowest BCUT2D eigenvalue weighted by Crippen LogP contribution is -2.13. The molecule has 118 valence electrons. The molecule has 0 heterocycles. The van der Waals surface area contributed by atoms with Crippen LogP contribution >= 0.6 is 11.6 Å². The highest BCUT2D eigenvalue weighted by Gasteiger charge is 2.18. The predicted molar refractivity (Wildman–Crippen MR) is 86.5 cm³/mol. The Morgan fingerprint density at radius 1 is 1.05 bits per heavy atom. The van der Waals surface area contributed by atoms with Crippen molar-refractivity contribution in [2.75, 3.05) is 18.9 Å². The first kappa shape index (κ1) is 16.5. The van der Waals surface area contributed by atoms with Crippen LogP contribution in [0.3, 0.4) is 0 Å². The Balaban J connectivity index is 2.41. The summed E-state index contributed by atoms with van der Waals surface area (Å²) in [6.45, 7) is 1.80. The molecule has 1 N–H and O–H groups in total. The van der Waals surface area contributed by atoms with Gasteiger partial charge in [0.1, 0.15) is 11.5 Å². The zero-order chi connectivity index (χ0) is 16.3. The summed E-state index contributed by atoms with van der Waals surface area (Å²) in [4.78, 5) is 0.0768. The van der Waals surface area contributed by atoms with E-state index >= 15 is 0 Å². The van der Waals surface area contributed by atoms with E-state index in [1.54, 1.807) is 31.2 Å². The Bertz CT molecular complexity index is 790. The number of nitrogens with one attached hydrogen (secondary N) is 1. The van der Waals surface area contributed by atoms with E-state index in [1.165, 1.54) is 26.4 Å². The molecule has 0 aromatic heterocycles. The SMILES string of the molecule is COc1ccc(OC)c(NS(=O)(=O)c2ccc(C)c(Cl)c2)c1. The molecule has 2 aromatic rings. The van der Waals surface area contributed by atoms with Gasteiger partial charge in [-0.3, -0.25) is 4.72 Å². The minimum atomic E-state index is -3.78. The van der Waals surface area contributed by atoms with Crippen molar-refractivity contribution in [2.24, 2.45) is 0 Å². The molecule has 2 rings (SSSR count). The number of halogens is 1. The standard InChI is InChI=1S/C15H16ClNO4S/c1-10-4-6-12(9-13(10)16)22(18,19)17-14-8-11(20-2)5-7-15(14)21-3/h4-9,17H,1-3H3. The van der Waals surface area contributed by atoms with Gasteiger partial charge in [0.2, 0.25) is 0 Å². The highest BCUT2D eigenvalue weighted by atomic mass is 35.5. The topological polar surface area (TPSA) is 64.6 Å². The number of ether oxygens (including phenoxy) is 2. The fraction of sp³-hybridized carbons (Fsp3) is 0.200. The van der Waals surface area contributed by atoms with Gasteiger partial charge in [0.05, 0.1) is 24.8 Å². The van der Waals surface area contributed by atoms with Crippen molar-refractivity contribution in [3.05, 3.63) is 47.0 Å². The largest absolute Gasteiger partial charge is 0.497 e. The Labute approximate surface area is 134 Å². The molecular weight excluding hydrogens is 326 g/mol. The van der Waals surface area contributed by atoms with Crippen molar-refractivity contribution in [2.45, 2.75) is 11.8 Å². The Kier molecular flexibility index (Phi) is 4.83. The monoisotopic (exact) mass is 341 g/mol. The molecule has 5 nitrogen and oxygen atoms in total. The number of hydrogen-bond acceptors (Lipinski definition) is 4. The van der Waals surface area contributed by atoms with Gasteiger partial charge in [-0.25, -0.2) is 8.42 Å². The Morgan fingerprint density at radius 2 is 1.77 bits per heavy atom. The first-order valence-electron chi connectivity index (χ1n) is 6.38. The lowest BCUT2D eigenvalue weighted by atomic mass is 10.2. The van der Waals surface area contributed by atoms with Gasteiger partial charge in [0.25, 0.3) is 10.0 Å². The zero-order valence-corrected chi connectivity index (χ0v) is 14.0. The second-order valence-electron chi connectivity index (χ2n) is 4.58. The van der Waals surface area contributed by atoms with Crippen LogP contribution < -0.4 is 14.2 Å². The van der Waals surface area contributed by atoms with E-state index < -0.39 is 10.0 Å². The molecule has 0 amide bonds. The fourth-order valence-electron chi connectivity index (χ4n) is 1.84. The van der Waals surface area contributed by atoms with Crippen LogP contribution in [0.25, 0.3) is 0 Å². The quantitative estimate of drug-likeness (QED) is 0.904. The molecule has 0 spiro atoms. The van der Waals surface area contributed by atoms with Crippen molar-refractivity contribution in [3.8, 4) is 11.5 Å². The van der Waals surface area contributed by atoms with Crippen LogP contribution in [0.4, 0.5) is 5.69 Å². The van der Waals surface area contributed by atoms with Gasteiger partial charge in [-0.05, 0) is 36.8 Å². The van der Waals surface area contributed by atoms with Gasteiger partial charge in [-0.2, -0.15) is 0 Å². The third-order valence-electron chi connectivity index (χ3n) is 3.10. The highest BCUT2D eigenvalue weighted by molar-refractivity contribution is 7.92. The van der Waals surface area contributed by atoms with Crippen molar-refractivity contribution in [3.63, 3.8) is 0 Å². The van der Waals surface area contributed by atoms with Crippen LogP contribution in [0, 0.1) is 6.92 Å². The molecule has 0 atom stereocenters. The fourth-order valence-corrected chi connectivity index (χ4v) is 3.17. The Morgan fingerprint density at radius 3 is 2.36 bits per heavy atom. The van der Waals surface area contributed by atoms with E-state index in [2.05, 4.69) is 4.72 Å². The summed E-state index contributed by atoms with van der Waals surface area (Å²) >= 11 is 5.99. The molecule has 0 unspecified atom stereocenters. The van der Waals surface area contributed by atoms with Gasteiger partial charge >= 0.3 is 0 Å². The molecule has 0 saturated carbocycles. The van der Waals surface area contributed by atoms with Crippen LogP contribution in [-0.4, -0.2) is 22.6 Å². The molecule has 0 saturated heterocycles. The summed E-state index contributed by atoms with van der Waals surface area (Å²) in [5.41, 5.74) is 1.10. The van der Waals surface area contributed by atoms with Crippen molar-refractivity contribution < 1.29 is 17.9 Å². The van der Waals surface area contributed by atoms with Crippen LogP contribution in [0.2, 0.25) is 5.02 Å². The van der Waals surface area contributed by atoms with Crippen LogP contribution in [0.15, 0.2) is 41.3 Å². The highest BCUT2D eigenvalue weighted by Crippen LogP contribution is 2.31. The molecule has 22 heavy (non-hydrogen) atoms. The zero-order valence-electron chi connectivity index (χ0n) is 12.4.